The molecule has 2 aliphatic heterocycles. The topological polar surface area (TPSA) is 68.1 Å². The summed E-state index contributed by atoms with van der Waals surface area (Å²) in [7, 11) is -0.825. The van der Waals surface area contributed by atoms with Crippen molar-refractivity contribution in [1.82, 2.24) is 19.7 Å². The predicted molar refractivity (Wildman–Crippen MR) is 101 cm³/mol. The number of likely N-dealkylation sites (tertiary alicyclic amines) is 1. The Bertz CT molecular complexity index is 884. The Labute approximate surface area is 155 Å². The lowest BCUT2D eigenvalue weighted by Gasteiger charge is -2.41. The van der Waals surface area contributed by atoms with Crippen molar-refractivity contribution in [2.24, 2.45) is 0 Å². The molecule has 3 heterocycles. The van der Waals surface area contributed by atoms with Crippen molar-refractivity contribution in [2.45, 2.75) is 37.6 Å². The van der Waals surface area contributed by atoms with Crippen LogP contribution in [-0.4, -0.2) is 59.7 Å². The van der Waals surface area contributed by atoms with Gasteiger partial charge in [-0.2, -0.15) is 5.10 Å². The zero-order valence-electron chi connectivity index (χ0n) is 15.4. The molecule has 6 nitrogen and oxygen atoms in total. The molecule has 2 aromatic rings. The second-order valence-electron chi connectivity index (χ2n) is 7.74. The predicted octanol–water partition coefficient (Wildman–Crippen LogP) is 1.96. The number of hydrogen-bond acceptors (Lipinski definition) is 5. The van der Waals surface area contributed by atoms with Crippen LogP contribution >= 0.6 is 0 Å². The molecule has 26 heavy (non-hydrogen) atoms. The lowest BCUT2D eigenvalue weighted by molar-refractivity contribution is 0.200. The first-order valence-electron chi connectivity index (χ1n) is 9.28. The SMILES string of the molecule is Cc1nc(C2(c3ccccc3)CCN(C)CC2)n([C@H]2CCS(=O)(=O)C2)n1. The molecule has 0 bridgehead atoms. The molecular formula is C19H26N4O2S. The number of hydrogen-bond donors (Lipinski definition) is 0. The third-order valence-electron chi connectivity index (χ3n) is 5.89. The zero-order valence-corrected chi connectivity index (χ0v) is 16.2. The van der Waals surface area contributed by atoms with E-state index in [0.29, 0.717) is 6.42 Å². The van der Waals surface area contributed by atoms with Crippen molar-refractivity contribution < 1.29 is 8.42 Å². The highest BCUT2D eigenvalue weighted by molar-refractivity contribution is 7.91. The minimum absolute atomic E-state index is 0.101. The normalized spacial score (nSPS) is 25.4. The molecule has 2 aliphatic rings. The van der Waals surface area contributed by atoms with Gasteiger partial charge in [0.25, 0.3) is 0 Å². The summed E-state index contributed by atoms with van der Waals surface area (Å²) in [5.41, 5.74) is 1.05. The van der Waals surface area contributed by atoms with E-state index in [-0.39, 0.29) is 23.0 Å². The Hall–Kier alpha value is -1.73. The Balaban J connectivity index is 1.83. The van der Waals surface area contributed by atoms with Crippen LogP contribution < -0.4 is 0 Å². The Kier molecular flexibility index (Phi) is 4.39. The lowest BCUT2D eigenvalue weighted by atomic mass is 9.72. The Morgan fingerprint density at radius 3 is 2.46 bits per heavy atom. The molecule has 4 rings (SSSR count). The molecule has 0 unspecified atom stereocenters. The molecule has 140 valence electrons. The fourth-order valence-electron chi connectivity index (χ4n) is 4.38. The standard InChI is InChI=1S/C19H26N4O2S/c1-15-20-18(23(21-15)17-8-13-26(24,25)14-17)19(9-11-22(2)12-10-19)16-6-4-3-5-7-16/h3-7,17H,8-14H2,1-2H3/t17-/m0/s1. The van der Waals surface area contributed by atoms with Crippen LogP contribution in [0, 0.1) is 6.92 Å². The minimum atomic E-state index is -2.97. The van der Waals surface area contributed by atoms with Crippen LogP contribution in [0.25, 0.3) is 0 Å². The second-order valence-corrected chi connectivity index (χ2v) is 9.96. The first-order valence-corrected chi connectivity index (χ1v) is 11.1. The second kappa shape index (κ2) is 6.46. The third-order valence-corrected chi connectivity index (χ3v) is 7.64. The number of nitrogens with zero attached hydrogens (tertiary/aromatic N) is 4. The highest BCUT2D eigenvalue weighted by atomic mass is 32.2. The fraction of sp³-hybridized carbons (Fsp3) is 0.579. The van der Waals surface area contributed by atoms with E-state index < -0.39 is 9.84 Å². The molecule has 0 N–H and O–H groups in total. The van der Waals surface area contributed by atoms with E-state index in [4.69, 9.17) is 4.98 Å². The summed E-state index contributed by atoms with van der Waals surface area (Å²) < 4.78 is 26.0. The Morgan fingerprint density at radius 1 is 1.15 bits per heavy atom. The van der Waals surface area contributed by atoms with Crippen LogP contribution in [0.2, 0.25) is 0 Å². The van der Waals surface area contributed by atoms with Crippen LogP contribution in [-0.2, 0) is 15.3 Å². The zero-order chi connectivity index (χ0) is 18.4. The first-order chi connectivity index (χ1) is 12.4. The van der Waals surface area contributed by atoms with Crippen LogP contribution in [0.3, 0.4) is 0 Å². The summed E-state index contributed by atoms with van der Waals surface area (Å²) in [6.45, 7) is 3.88. The number of aryl methyl sites for hydroxylation is 1. The van der Waals surface area contributed by atoms with Gasteiger partial charge in [0.1, 0.15) is 11.6 Å². The molecule has 0 amide bonds. The highest BCUT2D eigenvalue weighted by Gasteiger charge is 2.43. The van der Waals surface area contributed by atoms with Crippen molar-refractivity contribution in [3.63, 3.8) is 0 Å². The maximum absolute atomic E-state index is 12.0. The van der Waals surface area contributed by atoms with Gasteiger partial charge in [0.05, 0.1) is 23.0 Å². The van der Waals surface area contributed by atoms with Gasteiger partial charge in [-0.25, -0.2) is 18.1 Å². The van der Waals surface area contributed by atoms with Crippen molar-refractivity contribution in [3.8, 4) is 0 Å². The molecule has 0 spiro atoms. The van der Waals surface area contributed by atoms with Crippen LogP contribution in [0.5, 0.6) is 0 Å². The lowest BCUT2D eigenvalue weighted by Crippen LogP contribution is -2.43. The molecule has 0 aliphatic carbocycles. The number of benzene rings is 1. The van der Waals surface area contributed by atoms with Gasteiger partial charge in [-0.05, 0) is 51.9 Å². The molecule has 1 aromatic heterocycles. The number of sulfone groups is 1. The smallest absolute Gasteiger partial charge is 0.152 e. The van der Waals surface area contributed by atoms with E-state index in [2.05, 4.69) is 41.3 Å². The van der Waals surface area contributed by atoms with Gasteiger partial charge < -0.3 is 4.90 Å². The van der Waals surface area contributed by atoms with Gasteiger partial charge in [0.15, 0.2) is 9.84 Å². The summed E-state index contributed by atoms with van der Waals surface area (Å²) in [4.78, 5) is 7.18. The highest BCUT2D eigenvalue weighted by Crippen LogP contribution is 2.42. The average molecular weight is 375 g/mol. The van der Waals surface area contributed by atoms with Gasteiger partial charge in [-0.3, -0.25) is 0 Å². The quantitative estimate of drug-likeness (QED) is 0.821. The summed E-state index contributed by atoms with van der Waals surface area (Å²) in [6.07, 6.45) is 2.55. The van der Waals surface area contributed by atoms with E-state index in [0.717, 1.165) is 37.6 Å². The monoisotopic (exact) mass is 374 g/mol. The van der Waals surface area contributed by atoms with Crippen molar-refractivity contribution in [1.29, 1.82) is 0 Å². The van der Waals surface area contributed by atoms with Gasteiger partial charge in [-0.1, -0.05) is 30.3 Å². The molecule has 7 heteroatoms. The van der Waals surface area contributed by atoms with E-state index in [1.165, 1.54) is 5.56 Å². The van der Waals surface area contributed by atoms with E-state index in [1.807, 2.05) is 17.7 Å². The molecule has 1 aromatic carbocycles. The van der Waals surface area contributed by atoms with Gasteiger partial charge in [0.2, 0.25) is 0 Å². The first kappa shape index (κ1) is 17.7. The van der Waals surface area contributed by atoms with E-state index in [9.17, 15) is 8.42 Å². The molecule has 2 saturated heterocycles. The van der Waals surface area contributed by atoms with Crippen molar-refractivity contribution in [2.75, 3.05) is 31.6 Å². The summed E-state index contributed by atoms with van der Waals surface area (Å²) in [5, 5.41) is 4.65. The molecule has 1 atom stereocenters. The Morgan fingerprint density at radius 2 is 1.85 bits per heavy atom. The van der Waals surface area contributed by atoms with Crippen LogP contribution in [0.15, 0.2) is 30.3 Å². The maximum Gasteiger partial charge on any atom is 0.152 e. The molecule has 0 radical (unpaired) electrons. The van der Waals surface area contributed by atoms with Gasteiger partial charge in [0, 0.05) is 0 Å². The van der Waals surface area contributed by atoms with Crippen LogP contribution in [0.4, 0.5) is 0 Å². The third kappa shape index (κ3) is 3.07. The van der Waals surface area contributed by atoms with Crippen molar-refractivity contribution in [3.05, 3.63) is 47.5 Å². The number of rotatable bonds is 3. The summed E-state index contributed by atoms with van der Waals surface area (Å²) in [5.74, 6) is 2.08. The maximum atomic E-state index is 12.0. The fourth-order valence-corrected chi connectivity index (χ4v) is 6.07. The molecule has 2 fully saturated rings. The molecule has 0 saturated carbocycles. The van der Waals surface area contributed by atoms with Gasteiger partial charge in [-0.15, -0.1) is 0 Å². The summed E-state index contributed by atoms with van der Waals surface area (Å²) >= 11 is 0. The average Bonchev–Trinajstić information content (AvgIpc) is 3.19. The number of aromatic nitrogens is 3. The van der Waals surface area contributed by atoms with E-state index in [1.54, 1.807) is 0 Å². The van der Waals surface area contributed by atoms with E-state index >= 15 is 0 Å². The van der Waals surface area contributed by atoms with Gasteiger partial charge >= 0.3 is 0 Å². The van der Waals surface area contributed by atoms with Crippen molar-refractivity contribution >= 4 is 9.84 Å². The van der Waals surface area contributed by atoms with Crippen LogP contribution in [0.1, 0.15) is 42.5 Å². The minimum Gasteiger partial charge on any atom is -0.306 e. The largest absolute Gasteiger partial charge is 0.306 e. The number of piperidine rings is 1. The summed E-state index contributed by atoms with van der Waals surface area (Å²) in [6, 6.07) is 10.4. The molecular weight excluding hydrogens is 348 g/mol.